The minimum atomic E-state index is -0.376. The van der Waals surface area contributed by atoms with E-state index < -0.39 is 0 Å². The van der Waals surface area contributed by atoms with Crippen molar-refractivity contribution in [3.05, 3.63) is 53.6 Å². The largest absolute Gasteiger partial charge is 0.453 e. The highest BCUT2D eigenvalue weighted by atomic mass is 16.5. The summed E-state index contributed by atoms with van der Waals surface area (Å²) in [5.74, 6) is -0.221. The number of benzene rings is 1. The summed E-state index contributed by atoms with van der Waals surface area (Å²) in [5.41, 5.74) is 4.79. The molecule has 0 spiro atoms. The van der Waals surface area contributed by atoms with Crippen LogP contribution in [0.1, 0.15) is 21.5 Å². The van der Waals surface area contributed by atoms with Gasteiger partial charge in [-0.2, -0.15) is 0 Å². The number of carbonyl (C=O) groups excluding carboxylic acids is 2. The van der Waals surface area contributed by atoms with E-state index in [1.807, 2.05) is 29.8 Å². The average molecular weight is 365 g/mol. The summed E-state index contributed by atoms with van der Waals surface area (Å²) in [7, 11) is 3.28. The first-order valence-corrected chi connectivity index (χ1v) is 8.58. The summed E-state index contributed by atoms with van der Waals surface area (Å²) < 4.78 is 6.70. The van der Waals surface area contributed by atoms with Gasteiger partial charge < -0.3 is 19.5 Å². The molecule has 3 aromatic rings. The maximum absolute atomic E-state index is 12.8. The van der Waals surface area contributed by atoms with Crippen molar-refractivity contribution in [2.75, 3.05) is 19.0 Å². The van der Waals surface area contributed by atoms with Crippen LogP contribution in [0, 0.1) is 0 Å². The highest BCUT2D eigenvalue weighted by Crippen LogP contribution is 2.24. The van der Waals surface area contributed by atoms with Gasteiger partial charge in [-0.3, -0.25) is 9.78 Å². The number of methoxy groups -OCH3 is 1. The monoisotopic (exact) mass is 365 g/mol. The van der Waals surface area contributed by atoms with Crippen LogP contribution in [-0.4, -0.2) is 45.1 Å². The summed E-state index contributed by atoms with van der Waals surface area (Å²) in [6.45, 7) is 0.889. The second-order valence-corrected chi connectivity index (χ2v) is 6.48. The zero-order valence-electron chi connectivity index (χ0n) is 15.1. The third-order valence-electron chi connectivity index (χ3n) is 4.80. The Labute approximate surface area is 155 Å². The molecule has 0 unspecified atom stereocenters. The van der Waals surface area contributed by atoms with Gasteiger partial charge in [0.1, 0.15) is 0 Å². The van der Waals surface area contributed by atoms with Crippen LogP contribution in [0.4, 0.5) is 10.5 Å². The lowest BCUT2D eigenvalue weighted by molar-refractivity contribution is 0.102. The van der Waals surface area contributed by atoms with Gasteiger partial charge in [-0.1, -0.05) is 0 Å². The Morgan fingerprint density at radius 2 is 2.11 bits per heavy atom. The second kappa shape index (κ2) is 6.71. The van der Waals surface area contributed by atoms with Crippen LogP contribution >= 0.6 is 0 Å². The number of anilines is 1. The number of hydrogen-bond donors (Lipinski definition) is 1. The molecule has 0 saturated carbocycles. The fourth-order valence-electron chi connectivity index (χ4n) is 3.39. The summed E-state index contributed by atoms with van der Waals surface area (Å²) in [6.07, 6.45) is 5.21. The first kappa shape index (κ1) is 17.0. The lowest BCUT2D eigenvalue weighted by Crippen LogP contribution is -2.36. The highest BCUT2D eigenvalue weighted by Gasteiger charge is 2.25. The number of hydrogen-bond acceptors (Lipinski definition) is 5. The van der Waals surface area contributed by atoms with E-state index in [1.165, 1.54) is 7.11 Å². The Morgan fingerprint density at radius 3 is 2.93 bits per heavy atom. The van der Waals surface area contributed by atoms with Gasteiger partial charge in [0, 0.05) is 31.7 Å². The Bertz CT molecular complexity index is 1040. The van der Waals surface area contributed by atoms with Crippen molar-refractivity contribution in [1.82, 2.24) is 19.4 Å². The van der Waals surface area contributed by atoms with E-state index in [0.29, 0.717) is 30.8 Å². The minimum absolute atomic E-state index is 0.221. The fourth-order valence-corrected chi connectivity index (χ4v) is 3.39. The molecule has 0 fully saturated rings. The zero-order chi connectivity index (χ0) is 19.0. The van der Waals surface area contributed by atoms with Crippen molar-refractivity contribution in [2.45, 2.75) is 13.0 Å². The molecule has 1 aliphatic heterocycles. The van der Waals surface area contributed by atoms with Crippen molar-refractivity contribution < 1.29 is 14.3 Å². The molecule has 0 radical (unpaired) electrons. The lowest BCUT2D eigenvalue weighted by atomic mass is 9.97. The number of amides is 2. The molecule has 0 aliphatic carbocycles. The van der Waals surface area contributed by atoms with Crippen molar-refractivity contribution in [3.63, 3.8) is 0 Å². The van der Waals surface area contributed by atoms with E-state index in [2.05, 4.69) is 15.3 Å². The number of carbonyl (C=O) groups is 2. The smallest absolute Gasteiger partial charge is 0.409 e. The van der Waals surface area contributed by atoms with Gasteiger partial charge in [-0.25, -0.2) is 9.78 Å². The molecule has 138 valence electrons. The summed E-state index contributed by atoms with van der Waals surface area (Å²) in [5, 5.41) is 2.92. The van der Waals surface area contributed by atoms with E-state index in [4.69, 9.17) is 4.74 Å². The van der Waals surface area contributed by atoms with E-state index in [0.717, 1.165) is 22.2 Å². The van der Waals surface area contributed by atoms with Crippen molar-refractivity contribution >= 4 is 28.7 Å². The summed E-state index contributed by atoms with van der Waals surface area (Å²) in [6, 6.07) is 5.61. The van der Waals surface area contributed by atoms with Crippen LogP contribution < -0.4 is 5.32 Å². The van der Waals surface area contributed by atoms with Crippen LogP contribution in [0.25, 0.3) is 11.0 Å². The molecule has 27 heavy (non-hydrogen) atoms. The maximum atomic E-state index is 12.8. The number of aryl methyl sites for hydroxylation is 1. The molecule has 2 amide bonds. The Balaban J connectivity index is 1.58. The topological polar surface area (TPSA) is 89.3 Å². The third kappa shape index (κ3) is 3.10. The molecule has 0 saturated heterocycles. The first-order chi connectivity index (χ1) is 13.1. The molecule has 1 aromatic carbocycles. The lowest BCUT2D eigenvalue weighted by Gasteiger charge is -2.28. The Hall–Kier alpha value is -3.42. The van der Waals surface area contributed by atoms with Crippen molar-refractivity contribution in [3.8, 4) is 0 Å². The summed E-state index contributed by atoms with van der Waals surface area (Å²) >= 11 is 0. The molecular weight excluding hydrogens is 346 g/mol. The van der Waals surface area contributed by atoms with Gasteiger partial charge in [0.15, 0.2) is 0 Å². The van der Waals surface area contributed by atoms with Crippen LogP contribution in [0.3, 0.4) is 0 Å². The van der Waals surface area contributed by atoms with Crippen LogP contribution in [0.2, 0.25) is 0 Å². The molecule has 2 aromatic heterocycles. The van der Waals surface area contributed by atoms with E-state index >= 15 is 0 Å². The number of aromatic nitrogens is 3. The van der Waals surface area contributed by atoms with Gasteiger partial charge in [0.05, 0.1) is 36.6 Å². The molecule has 8 nitrogen and oxygen atoms in total. The fraction of sp³-hybridized carbons (Fsp3) is 0.263. The summed E-state index contributed by atoms with van der Waals surface area (Å²) in [4.78, 5) is 34.6. The predicted octanol–water partition coefficient (Wildman–Crippen LogP) is 2.35. The van der Waals surface area contributed by atoms with E-state index in [1.54, 1.807) is 23.6 Å². The van der Waals surface area contributed by atoms with Crippen molar-refractivity contribution in [2.24, 2.45) is 7.05 Å². The molecule has 1 N–H and O–H groups in total. The highest BCUT2D eigenvalue weighted by molar-refractivity contribution is 6.06. The number of rotatable bonds is 2. The normalized spacial score (nSPS) is 13.3. The van der Waals surface area contributed by atoms with Gasteiger partial charge in [0.25, 0.3) is 5.91 Å². The molecule has 8 heteroatoms. The molecule has 4 rings (SSSR count). The second-order valence-electron chi connectivity index (χ2n) is 6.48. The number of pyridine rings is 1. The SMILES string of the molecule is COC(=O)N1CCc2c(cncc2C(=O)Nc2ccc3c(c2)ncn3C)C1. The standard InChI is InChI=1S/C19H19N5O3/c1-23-11-21-16-7-13(3-4-17(16)23)22-18(25)15-9-20-8-12-10-24(19(26)27-2)6-5-14(12)15/h3-4,7-9,11H,5-6,10H2,1-2H3,(H,22,25). The van der Waals surface area contributed by atoms with Gasteiger partial charge in [-0.15, -0.1) is 0 Å². The Morgan fingerprint density at radius 1 is 1.26 bits per heavy atom. The molecule has 0 atom stereocenters. The first-order valence-electron chi connectivity index (χ1n) is 8.58. The third-order valence-corrected chi connectivity index (χ3v) is 4.80. The predicted molar refractivity (Wildman–Crippen MR) is 99.4 cm³/mol. The van der Waals surface area contributed by atoms with Crippen LogP contribution in [-0.2, 0) is 24.8 Å². The minimum Gasteiger partial charge on any atom is -0.453 e. The number of imidazole rings is 1. The van der Waals surface area contributed by atoms with E-state index in [-0.39, 0.29) is 12.0 Å². The zero-order valence-corrected chi connectivity index (χ0v) is 15.1. The van der Waals surface area contributed by atoms with E-state index in [9.17, 15) is 9.59 Å². The van der Waals surface area contributed by atoms with Gasteiger partial charge in [0.2, 0.25) is 0 Å². The number of nitrogens with one attached hydrogen (secondary N) is 1. The molecule has 1 aliphatic rings. The van der Waals surface area contributed by atoms with Gasteiger partial charge in [-0.05, 0) is 35.7 Å². The molecular formula is C19H19N5O3. The molecule has 0 bridgehead atoms. The maximum Gasteiger partial charge on any atom is 0.409 e. The molecule has 3 heterocycles. The quantitative estimate of drug-likeness (QED) is 0.753. The van der Waals surface area contributed by atoms with Crippen molar-refractivity contribution in [1.29, 1.82) is 0 Å². The van der Waals surface area contributed by atoms with Gasteiger partial charge >= 0.3 is 6.09 Å². The number of nitrogens with zero attached hydrogens (tertiary/aromatic N) is 4. The Kier molecular flexibility index (Phi) is 4.23. The number of ether oxygens (including phenoxy) is 1. The average Bonchev–Trinajstić information content (AvgIpc) is 3.06. The van der Waals surface area contributed by atoms with Crippen LogP contribution in [0.5, 0.6) is 0 Å². The number of fused-ring (bicyclic) bond motifs is 2. The van der Waals surface area contributed by atoms with Crippen LogP contribution in [0.15, 0.2) is 36.9 Å².